The highest BCUT2D eigenvalue weighted by Gasteiger charge is 2.27. The average Bonchev–Trinajstić information content (AvgIpc) is 3.02. The molecule has 1 aliphatic heterocycles. The Morgan fingerprint density at radius 2 is 2.33 bits per heavy atom. The van der Waals surface area contributed by atoms with Gasteiger partial charge in [-0.3, -0.25) is 10.1 Å². The second-order valence-corrected chi connectivity index (χ2v) is 8.53. The molecule has 1 aliphatic rings. The Balaban J connectivity index is 2.02. The number of nitrogens with one attached hydrogen (secondary N) is 1. The van der Waals surface area contributed by atoms with Crippen LogP contribution in [0.15, 0.2) is 10.3 Å². The first-order chi connectivity index (χ1) is 9.83. The van der Waals surface area contributed by atoms with Crippen LogP contribution in [0.3, 0.4) is 0 Å². The van der Waals surface area contributed by atoms with Crippen molar-refractivity contribution < 1.29 is 13.3 Å². The van der Waals surface area contributed by atoms with Crippen LogP contribution in [0.5, 0.6) is 0 Å². The van der Waals surface area contributed by atoms with Crippen LogP contribution in [0.4, 0.5) is 5.69 Å². The molecule has 1 saturated heterocycles. The lowest BCUT2D eigenvalue weighted by Crippen LogP contribution is -2.30. The number of likely N-dealkylation sites (tertiary alicyclic amines) is 1. The fourth-order valence-corrected chi connectivity index (χ4v) is 5.09. The van der Waals surface area contributed by atoms with Gasteiger partial charge in [-0.2, -0.15) is 0 Å². The van der Waals surface area contributed by atoms with Crippen molar-refractivity contribution in [3.05, 3.63) is 20.5 Å². The summed E-state index contributed by atoms with van der Waals surface area (Å²) in [6, 6.07) is 1.00. The summed E-state index contributed by atoms with van der Waals surface area (Å²) in [7, 11) is -3.75. The van der Waals surface area contributed by atoms with Gasteiger partial charge in [-0.1, -0.05) is 18.5 Å². The molecule has 0 spiro atoms. The van der Waals surface area contributed by atoms with Crippen molar-refractivity contribution in [2.24, 2.45) is 5.92 Å². The van der Waals surface area contributed by atoms with Crippen molar-refractivity contribution in [1.82, 2.24) is 9.62 Å². The van der Waals surface area contributed by atoms with Gasteiger partial charge in [0.05, 0.1) is 4.92 Å². The minimum atomic E-state index is -3.75. The van der Waals surface area contributed by atoms with Crippen molar-refractivity contribution in [2.75, 3.05) is 26.2 Å². The van der Waals surface area contributed by atoms with Gasteiger partial charge in [0, 0.05) is 19.2 Å². The number of rotatable bonds is 6. The lowest BCUT2D eigenvalue weighted by molar-refractivity contribution is -0.384. The molecule has 0 saturated carbocycles. The van der Waals surface area contributed by atoms with Gasteiger partial charge < -0.3 is 4.90 Å². The van der Waals surface area contributed by atoms with Gasteiger partial charge in [-0.05, 0) is 25.4 Å². The average molecular weight is 354 g/mol. The van der Waals surface area contributed by atoms with E-state index in [4.69, 9.17) is 11.6 Å². The van der Waals surface area contributed by atoms with Gasteiger partial charge in [0.25, 0.3) is 5.69 Å². The molecule has 2 heterocycles. The molecule has 21 heavy (non-hydrogen) atoms. The van der Waals surface area contributed by atoms with Crippen LogP contribution >= 0.6 is 22.9 Å². The van der Waals surface area contributed by atoms with Crippen LogP contribution in [0.1, 0.15) is 13.3 Å². The zero-order valence-corrected chi connectivity index (χ0v) is 13.8. The van der Waals surface area contributed by atoms with E-state index in [9.17, 15) is 18.5 Å². The number of thiophene rings is 1. The Kier molecular flexibility index (Phi) is 5.20. The van der Waals surface area contributed by atoms with Crippen molar-refractivity contribution in [3.63, 3.8) is 0 Å². The molecule has 1 fully saturated rings. The lowest BCUT2D eigenvalue weighted by Gasteiger charge is -2.13. The van der Waals surface area contributed by atoms with E-state index in [1.807, 2.05) is 0 Å². The standard InChI is InChI=1S/C11H16ClN3O4S2/c1-2-14-4-3-8(7-14)6-13-21(18,19)10-5-9(15(16)17)11(12)20-10/h5,8,13H,2-4,6-7H2,1H3. The molecule has 2 rings (SSSR count). The smallest absolute Gasteiger partial charge is 0.300 e. The molecule has 1 aromatic rings. The van der Waals surface area contributed by atoms with E-state index in [2.05, 4.69) is 16.5 Å². The number of hydrogen-bond acceptors (Lipinski definition) is 6. The first-order valence-electron chi connectivity index (χ1n) is 6.49. The number of hydrogen-bond donors (Lipinski definition) is 1. The molecule has 10 heteroatoms. The Morgan fingerprint density at radius 3 is 2.86 bits per heavy atom. The minimum absolute atomic E-state index is 0.121. The largest absolute Gasteiger partial charge is 0.303 e. The lowest BCUT2D eigenvalue weighted by atomic mass is 10.1. The predicted molar refractivity (Wildman–Crippen MR) is 81.4 cm³/mol. The molecule has 1 N–H and O–H groups in total. The number of sulfonamides is 1. The molecule has 0 aliphatic carbocycles. The maximum atomic E-state index is 12.1. The van der Waals surface area contributed by atoms with Gasteiger partial charge in [0.1, 0.15) is 4.21 Å². The first-order valence-corrected chi connectivity index (χ1v) is 9.17. The number of nitrogens with zero attached hydrogens (tertiary/aromatic N) is 2. The third kappa shape index (κ3) is 3.92. The van der Waals surface area contributed by atoms with Crippen LogP contribution in [-0.2, 0) is 10.0 Å². The molecule has 0 radical (unpaired) electrons. The highest BCUT2D eigenvalue weighted by atomic mass is 35.5. The Bertz CT molecular complexity index is 631. The van der Waals surface area contributed by atoms with E-state index in [0.717, 1.165) is 32.1 Å². The summed E-state index contributed by atoms with van der Waals surface area (Å²) < 4.78 is 26.5. The fraction of sp³-hybridized carbons (Fsp3) is 0.636. The second kappa shape index (κ2) is 6.57. The fourth-order valence-electron chi connectivity index (χ4n) is 2.26. The van der Waals surface area contributed by atoms with E-state index in [-0.39, 0.29) is 20.2 Å². The topological polar surface area (TPSA) is 92.6 Å². The van der Waals surface area contributed by atoms with Crippen LogP contribution in [0.2, 0.25) is 4.34 Å². The maximum absolute atomic E-state index is 12.1. The highest BCUT2D eigenvalue weighted by Crippen LogP contribution is 2.36. The predicted octanol–water partition coefficient (Wildman–Crippen LogP) is 1.93. The Hall–Kier alpha value is -0.740. The summed E-state index contributed by atoms with van der Waals surface area (Å²) in [5.74, 6) is 0.269. The van der Waals surface area contributed by atoms with Gasteiger partial charge in [0.15, 0.2) is 4.34 Å². The molecule has 0 amide bonds. The van der Waals surface area contributed by atoms with Gasteiger partial charge in [-0.15, -0.1) is 11.3 Å². The van der Waals surface area contributed by atoms with Crippen LogP contribution in [0.25, 0.3) is 0 Å². The Labute approximate surface area is 132 Å². The third-order valence-corrected chi connectivity index (χ3v) is 6.72. The van der Waals surface area contributed by atoms with Crippen LogP contribution in [-0.4, -0.2) is 44.4 Å². The third-order valence-electron chi connectivity index (χ3n) is 3.49. The normalized spacial score (nSPS) is 20.0. The van der Waals surface area contributed by atoms with E-state index in [1.54, 1.807) is 0 Å². The summed E-state index contributed by atoms with van der Waals surface area (Å²) in [6.45, 7) is 5.20. The molecular weight excluding hydrogens is 338 g/mol. The van der Waals surface area contributed by atoms with Crippen LogP contribution in [0, 0.1) is 16.0 Å². The maximum Gasteiger partial charge on any atom is 0.300 e. The molecule has 118 valence electrons. The molecule has 1 atom stereocenters. The summed E-state index contributed by atoms with van der Waals surface area (Å²) in [5, 5.41) is 10.7. The number of halogens is 1. The summed E-state index contributed by atoms with van der Waals surface area (Å²) >= 11 is 6.39. The molecule has 7 nitrogen and oxygen atoms in total. The molecule has 1 unspecified atom stereocenters. The summed E-state index contributed by atoms with van der Waals surface area (Å²) in [4.78, 5) is 12.3. The zero-order valence-electron chi connectivity index (χ0n) is 11.4. The molecule has 0 aromatic carbocycles. The monoisotopic (exact) mass is 353 g/mol. The van der Waals surface area contributed by atoms with E-state index >= 15 is 0 Å². The molecule has 0 bridgehead atoms. The quantitative estimate of drug-likeness (QED) is 0.623. The van der Waals surface area contributed by atoms with Crippen molar-refractivity contribution in [3.8, 4) is 0 Å². The van der Waals surface area contributed by atoms with E-state index in [0.29, 0.717) is 17.9 Å². The summed E-state index contributed by atoms with van der Waals surface area (Å²) in [5.41, 5.74) is -0.375. The minimum Gasteiger partial charge on any atom is -0.303 e. The summed E-state index contributed by atoms with van der Waals surface area (Å²) in [6.07, 6.45) is 0.946. The van der Waals surface area contributed by atoms with Gasteiger partial charge >= 0.3 is 0 Å². The highest BCUT2D eigenvalue weighted by molar-refractivity contribution is 7.91. The van der Waals surface area contributed by atoms with E-state index in [1.165, 1.54) is 0 Å². The molecular formula is C11H16ClN3O4S2. The zero-order chi connectivity index (χ0) is 15.6. The second-order valence-electron chi connectivity index (χ2n) is 4.88. The van der Waals surface area contributed by atoms with Gasteiger partial charge in [-0.25, -0.2) is 13.1 Å². The first kappa shape index (κ1) is 16.6. The van der Waals surface area contributed by atoms with E-state index < -0.39 is 14.9 Å². The van der Waals surface area contributed by atoms with Crippen LogP contribution < -0.4 is 4.72 Å². The van der Waals surface area contributed by atoms with Crippen molar-refractivity contribution in [2.45, 2.75) is 17.6 Å². The van der Waals surface area contributed by atoms with Crippen molar-refractivity contribution >= 4 is 38.6 Å². The number of nitro groups is 1. The Morgan fingerprint density at radius 1 is 1.62 bits per heavy atom. The van der Waals surface area contributed by atoms with Gasteiger partial charge in [0.2, 0.25) is 10.0 Å². The van der Waals surface area contributed by atoms with Crippen molar-refractivity contribution in [1.29, 1.82) is 0 Å². The SMILES string of the molecule is CCN1CCC(CNS(=O)(=O)c2cc([N+](=O)[O-])c(Cl)s2)C1. The molecule has 1 aromatic heterocycles.